The van der Waals surface area contributed by atoms with E-state index in [1.165, 1.54) is 12.0 Å². The average molecular weight is 399 g/mol. The van der Waals surface area contributed by atoms with E-state index in [-0.39, 0.29) is 0 Å². The molecule has 3 atom stereocenters. The van der Waals surface area contributed by atoms with Gasteiger partial charge in [0.05, 0.1) is 25.4 Å². The molecule has 0 radical (unpaired) electrons. The van der Waals surface area contributed by atoms with Crippen molar-refractivity contribution < 1.29 is 9.47 Å². The van der Waals surface area contributed by atoms with E-state index in [0.29, 0.717) is 24.8 Å². The number of benzene rings is 1. The van der Waals surface area contributed by atoms with Crippen molar-refractivity contribution in [2.45, 2.75) is 57.4 Å². The number of aliphatic imine (C=N–C) groups is 1. The van der Waals surface area contributed by atoms with Crippen molar-refractivity contribution in [2.24, 2.45) is 12.0 Å². The molecule has 2 saturated heterocycles. The van der Waals surface area contributed by atoms with Crippen LogP contribution in [0.25, 0.3) is 0 Å². The topological polar surface area (TPSA) is 85.6 Å². The van der Waals surface area contributed by atoms with Gasteiger partial charge in [-0.25, -0.2) is 4.99 Å². The van der Waals surface area contributed by atoms with Gasteiger partial charge < -0.3 is 24.7 Å². The van der Waals surface area contributed by atoms with E-state index in [0.717, 1.165) is 49.2 Å². The van der Waals surface area contributed by atoms with E-state index in [1.807, 2.05) is 30.7 Å². The Morgan fingerprint density at radius 2 is 2.10 bits per heavy atom. The summed E-state index contributed by atoms with van der Waals surface area (Å²) >= 11 is 0. The number of ether oxygens (including phenoxy) is 2. The molecule has 2 aliphatic rings. The number of guanidine groups is 1. The molecule has 3 heterocycles. The van der Waals surface area contributed by atoms with E-state index < -0.39 is 0 Å². The fraction of sp³-hybridized carbons (Fsp3) is 0.571. The van der Waals surface area contributed by atoms with Crippen LogP contribution in [0.4, 0.5) is 0 Å². The van der Waals surface area contributed by atoms with Gasteiger partial charge in [-0.2, -0.15) is 0 Å². The molecule has 2 bridgehead atoms. The Bertz CT molecular complexity index is 847. The predicted molar refractivity (Wildman–Crippen MR) is 111 cm³/mol. The third-order valence-corrected chi connectivity index (χ3v) is 5.85. The van der Waals surface area contributed by atoms with Crippen LogP contribution in [0.3, 0.4) is 0 Å². The zero-order chi connectivity index (χ0) is 20.2. The Labute approximate surface area is 171 Å². The molecule has 2 fully saturated rings. The lowest BCUT2D eigenvalue weighted by Crippen LogP contribution is -2.48. The summed E-state index contributed by atoms with van der Waals surface area (Å²) in [6, 6.07) is 8.49. The highest BCUT2D eigenvalue weighted by Crippen LogP contribution is 2.34. The quantitative estimate of drug-likeness (QED) is 0.546. The number of fused-ring (bicyclic) bond motifs is 2. The lowest BCUT2D eigenvalue weighted by Gasteiger charge is -2.23. The smallest absolute Gasteiger partial charge is 0.192 e. The fourth-order valence-electron chi connectivity index (χ4n) is 3.97. The molecule has 156 valence electrons. The van der Waals surface area contributed by atoms with Gasteiger partial charge in [-0.1, -0.05) is 12.1 Å². The minimum Gasteiger partial charge on any atom is -0.497 e. The molecule has 2 N–H and O–H groups in total. The number of nitrogens with zero attached hydrogens (tertiary/aromatic N) is 4. The average Bonchev–Trinajstić information content (AvgIpc) is 3.44. The number of hydrogen-bond donors (Lipinski definition) is 2. The van der Waals surface area contributed by atoms with Crippen molar-refractivity contribution in [2.75, 3.05) is 13.7 Å². The van der Waals surface area contributed by atoms with Crippen LogP contribution in [0.15, 0.2) is 29.3 Å². The van der Waals surface area contributed by atoms with Gasteiger partial charge in [-0.3, -0.25) is 0 Å². The van der Waals surface area contributed by atoms with Crippen LogP contribution in [0.1, 0.15) is 36.5 Å². The number of rotatable bonds is 7. The minimum atomic E-state index is 0.297. The minimum absolute atomic E-state index is 0.297. The highest BCUT2D eigenvalue weighted by molar-refractivity contribution is 5.80. The number of nitrogens with one attached hydrogen (secondary N) is 2. The molecule has 0 saturated carbocycles. The van der Waals surface area contributed by atoms with E-state index in [1.54, 1.807) is 7.11 Å². The van der Waals surface area contributed by atoms with Crippen LogP contribution < -0.4 is 15.4 Å². The van der Waals surface area contributed by atoms with Crippen molar-refractivity contribution in [1.29, 1.82) is 0 Å². The van der Waals surface area contributed by atoms with E-state index in [9.17, 15) is 0 Å². The zero-order valence-electron chi connectivity index (χ0n) is 17.4. The summed E-state index contributed by atoms with van der Waals surface area (Å²) in [4.78, 5) is 4.77. The van der Waals surface area contributed by atoms with E-state index >= 15 is 0 Å². The number of aromatic nitrogens is 3. The molecule has 8 nitrogen and oxygen atoms in total. The van der Waals surface area contributed by atoms with Crippen molar-refractivity contribution in [3.05, 3.63) is 41.5 Å². The van der Waals surface area contributed by atoms with Crippen molar-refractivity contribution in [3.8, 4) is 5.75 Å². The summed E-state index contributed by atoms with van der Waals surface area (Å²) in [5.74, 6) is 3.42. The van der Waals surface area contributed by atoms with Gasteiger partial charge in [-0.15, -0.1) is 10.2 Å². The molecule has 0 spiro atoms. The second-order valence-electron chi connectivity index (χ2n) is 7.77. The molecule has 0 amide bonds. The normalized spacial score (nSPS) is 23.4. The maximum atomic E-state index is 5.98. The molecule has 1 aromatic heterocycles. The number of aryl methyl sites for hydroxylation is 1. The summed E-state index contributed by atoms with van der Waals surface area (Å²) in [5.41, 5.74) is 1.25. The first-order valence-corrected chi connectivity index (χ1v) is 10.3. The first kappa shape index (κ1) is 19.7. The van der Waals surface area contributed by atoms with Crippen molar-refractivity contribution in [1.82, 2.24) is 25.4 Å². The molecule has 0 aliphatic carbocycles. The second-order valence-corrected chi connectivity index (χ2v) is 7.77. The highest BCUT2D eigenvalue weighted by Gasteiger charge is 2.41. The molecule has 2 aromatic rings. The second kappa shape index (κ2) is 8.82. The number of methoxy groups -OCH3 is 1. The predicted octanol–water partition coefficient (Wildman–Crippen LogP) is 1.73. The third-order valence-electron chi connectivity index (χ3n) is 5.85. The van der Waals surface area contributed by atoms with Gasteiger partial charge in [0.2, 0.25) is 0 Å². The molecule has 1 aromatic carbocycles. The van der Waals surface area contributed by atoms with E-state index in [2.05, 4.69) is 33.0 Å². The van der Waals surface area contributed by atoms with Gasteiger partial charge in [0, 0.05) is 13.6 Å². The first-order chi connectivity index (χ1) is 14.1. The SMILES string of the molecule is COc1ccc(CCNC(=NCc2nnc(C)n2C)NC2CC3CCC2O3)cc1. The largest absolute Gasteiger partial charge is 0.497 e. The Morgan fingerprint density at radius 1 is 1.28 bits per heavy atom. The fourth-order valence-corrected chi connectivity index (χ4v) is 3.97. The van der Waals surface area contributed by atoms with Gasteiger partial charge in [0.25, 0.3) is 0 Å². The standard InChI is InChI=1S/C21H30N6O2/c1-14-25-26-20(27(14)2)13-23-21(24-18-12-17-8-9-19(18)29-17)22-11-10-15-4-6-16(28-3)7-5-15/h4-7,17-19H,8-13H2,1-3H3,(H2,22,23,24). The Morgan fingerprint density at radius 3 is 2.72 bits per heavy atom. The maximum Gasteiger partial charge on any atom is 0.192 e. The monoisotopic (exact) mass is 398 g/mol. The molecular weight excluding hydrogens is 368 g/mol. The van der Waals surface area contributed by atoms with Gasteiger partial charge in [0.1, 0.15) is 18.1 Å². The Hall–Kier alpha value is -2.61. The van der Waals surface area contributed by atoms with Crippen molar-refractivity contribution >= 4 is 5.96 Å². The van der Waals surface area contributed by atoms with Crippen LogP contribution in [0.2, 0.25) is 0 Å². The molecule has 3 unspecified atom stereocenters. The van der Waals surface area contributed by atoms with Crippen LogP contribution in [-0.2, 0) is 24.8 Å². The third kappa shape index (κ3) is 4.70. The van der Waals surface area contributed by atoms with Crippen molar-refractivity contribution in [3.63, 3.8) is 0 Å². The summed E-state index contributed by atoms with van der Waals surface area (Å²) in [6.07, 6.45) is 4.96. The summed E-state index contributed by atoms with van der Waals surface area (Å²) in [7, 11) is 3.65. The lowest BCUT2D eigenvalue weighted by molar-refractivity contribution is 0.0992. The van der Waals surface area contributed by atoms with Crippen LogP contribution in [-0.4, -0.2) is 52.6 Å². The van der Waals surface area contributed by atoms with Gasteiger partial charge in [0.15, 0.2) is 11.8 Å². The zero-order valence-corrected chi connectivity index (χ0v) is 17.4. The maximum absolute atomic E-state index is 5.98. The van der Waals surface area contributed by atoms with Gasteiger partial charge >= 0.3 is 0 Å². The van der Waals surface area contributed by atoms with Gasteiger partial charge in [-0.05, 0) is 50.3 Å². The highest BCUT2D eigenvalue weighted by atomic mass is 16.5. The molecule has 2 aliphatic heterocycles. The molecule has 8 heteroatoms. The number of hydrogen-bond acceptors (Lipinski definition) is 5. The first-order valence-electron chi connectivity index (χ1n) is 10.3. The van der Waals surface area contributed by atoms with Crippen LogP contribution in [0, 0.1) is 6.92 Å². The van der Waals surface area contributed by atoms with Crippen LogP contribution >= 0.6 is 0 Å². The molecule has 4 rings (SSSR count). The van der Waals surface area contributed by atoms with E-state index in [4.69, 9.17) is 14.5 Å². The summed E-state index contributed by atoms with van der Waals surface area (Å²) in [6.45, 7) is 3.22. The lowest BCUT2D eigenvalue weighted by atomic mass is 9.96. The Kier molecular flexibility index (Phi) is 5.99. The molecule has 29 heavy (non-hydrogen) atoms. The van der Waals surface area contributed by atoms with Crippen LogP contribution in [0.5, 0.6) is 5.75 Å². The summed E-state index contributed by atoms with van der Waals surface area (Å²) < 4.78 is 13.2. The summed E-state index contributed by atoms with van der Waals surface area (Å²) in [5, 5.41) is 15.4. The Balaban J connectivity index is 1.38. The molecular formula is C21H30N6O2.